The predicted molar refractivity (Wildman–Crippen MR) is 81.3 cm³/mol. The summed E-state index contributed by atoms with van der Waals surface area (Å²) in [6.07, 6.45) is -0.137. The number of carbonyl (C=O) groups excluding carboxylic acids is 1. The largest absolute Gasteiger partial charge is 0.407 e. The second kappa shape index (κ2) is 5.76. The van der Waals surface area contributed by atoms with Crippen molar-refractivity contribution in [1.29, 1.82) is 0 Å². The van der Waals surface area contributed by atoms with Crippen molar-refractivity contribution >= 4 is 11.9 Å². The number of carbonyl (C=O) groups is 1. The van der Waals surface area contributed by atoms with Crippen molar-refractivity contribution in [2.24, 2.45) is 5.92 Å². The first kappa shape index (κ1) is 15.9. The monoisotopic (exact) mass is 350 g/mol. The van der Waals surface area contributed by atoms with Crippen LogP contribution in [0.3, 0.4) is 0 Å². The van der Waals surface area contributed by atoms with Gasteiger partial charge in [0, 0.05) is 25.1 Å². The van der Waals surface area contributed by atoms with Gasteiger partial charge in [-0.15, -0.1) is 5.10 Å². The number of fused-ring (bicyclic) bond motifs is 1. The lowest BCUT2D eigenvalue weighted by molar-refractivity contribution is -0.130. The molecule has 132 valence electrons. The summed E-state index contributed by atoms with van der Waals surface area (Å²) in [6, 6.07) is 3.17. The molecule has 2 fully saturated rings. The van der Waals surface area contributed by atoms with Gasteiger partial charge in [0.05, 0.1) is 25.0 Å². The lowest BCUT2D eigenvalue weighted by atomic mass is 9.81. The summed E-state index contributed by atoms with van der Waals surface area (Å²) < 4.78 is 37.7. The average Bonchev–Trinajstić information content (AvgIpc) is 3.23. The minimum absolute atomic E-state index is 0.00867. The zero-order valence-electron chi connectivity index (χ0n) is 13.2. The van der Waals surface area contributed by atoms with Gasteiger partial charge in [-0.1, -0.05) is 11.2 Å². The second-order valence-corrected chi connectivity index (χ2v) is 6.50. The first-order chi connectivity index (χ1) is 12.0. The van der Waals surface area contributed by atoms with E-state index in [1.807, 2.05) is 0 Å². The van der Waals surface area contributed by atoms with Crippen molar-refractivity contribution in [2.75, 3.05) is 32.0 Å². The highest BCUT2D eigenvalue weighted by Gasteiger charge is 2.56. The second-order valence-electron chi connectivity index (χ2n) is 6.50. The van der Waals surface area contributed by atoms with Gasteiger partial charge in [-0.2, -0.15) is 0 Å². The van der Waals surface area contributed by atoms with Crippen LogP contribution >= 0.6 is 0 Å². The first-order valence-electron chi connectivity index (χ1n) is 7.87. The van der Waals surface area contributed by atoms with E-state index in [1.165, 1.54) is 6.07 Å². The SMILES string of the molecule is Nc1nnc([C@@]23COC[C@@H]2CN(C(=O)Cc2ccc(F)cc2F)C3)o1. The number of hydrogen-bond donors (Lipinski definition) is 1. The molecule has 0 saturated carbocycles. The van der Waals surface area contributed by atoms with Gasteiger partial charge in [-0.3, -0.25) is 4.79 Å². The Hall–Kier alpha value is -2.55. The van der Waals surface area contributed by atoms with Crippen LogP contribution in [0, 0.1) is 17.6 Å². The van der Waals surface area contributed by atoms with E-state index in [2.05, 4.69) is 10.2 Å². The molecule has 2 saturated heterocycles. The lowest BCUT2D eigenvalue weighted by Gasteiger charge is -2.23. The highest BCUT2D eigenvalue weighted by atomic mass is 19.1. The van der Waals surface area contributed by atoms with Gasteiger partial charge in [0.2, 0.25) is 11.8 Å². The van der Waals surface area contributed by atoms with Crippen molar-refractivity contribution < 1.29 is 22.7 Å². The molecular formula is C16H16F2N4O3. The highest BCUT2D eigenvalue weighted by molar-refractivity contribution is 5.79. The maximum absolute atomic E-state index is 13.8. The first-order valence-corrected chi connectivity index (χ1v) is 7.87. The molecule has 0 aliphatic carbocycles. The molecule has 0 unspecified atom stereocenters. The van der Waals surface area contributed by atoms with Crippen LogP contribution in [0.1, 0.15) is 11.5 Å². The molecule has 0 radical (unpaired) electrons. The van der Waals surface area contributed by atoms with Crippen molar-refractivity contribution in [3.8, 4) is 0 Å². The van der Waals surface area contributed by atoms with E-state index in [1.54, 1.807) is 4.90 Å². The van der Waals surface area contributed by atoms with Gasteiger partial charge >= 0.3 is 6.01 Å². The minimum Gasteiger partial charge on any atom is -0.407 e. The summed E-state index contributed by atoms with van der Waals surface area (Å²) in [6.45, 7) is 1.61. The van der Waals surface area contributed by atoms with Crippen molar-refractivity contribution in [1.82, 2.24) is 15.1 Å². The summed E-state index contributed by atoms with van der Waals surface area (Å²) >= 11 is 0. The van der Waals surface area contributed by atoms with E-state index in [0.717, 1.165) is 12.1 Å². The number of nitrogens with two attached hydrogens (primary N) is 1. The molecule has 0 bridgehead atoms. The molecule has 0 spiro atoms. The van der Waals surface area contributed by atoms with E-state index in [0.29, 0.717) is 32.2 Å². The van der Waals surface area contributed by atoms with Gasteiger partial charge in [-0.05, 0) is 11.6 Å². The maximum atomic E-state index is 13.8. The van der Waals surface area contributed by atoms with E-state index in [-0.39, 0.29) is 29.8 Å². The molecule has 2 aliphatic rings. The third-order valence-electron chi connectivity index (χ3n) is 4.95. The van der Waals surface area contributed by atoms with Crippen LogP contribution in [0.2, 0.25) is 0 Å². The van der Waals surface area contributed by atoms with E-state index in [9.17, 15) is 13.6 Å². The van der Waals surface area contributed by atoms with Crippen molar-refractivity contribution in [3.63, 3.8) is 0 Å². The molecule has 2 atom stereocenters. The number of nitrogen functional groups attached to an aromatic ring is 1. The number of amides is 1. The van der Waals surface area contributed by atoms with Crippen LogP contribution in [0.5, 0.6) is 0 Å². The van der Waals surface area contributed by atoms with Gasteiger partial charge in [0.25, 0.3) is 0 Å². The Morgan fingerprint density at radius 2 is 2.24 bits per heavy atom. The van der Waals surface area contributed by atoms with Crippen LogP contribution < -0.4 is 5.73 Å². The molecule has 9 heteroatoms. The smallest absolute Gasteiger partial charge is 0.312 e. The molecule has 1 aromatic heterocycles. The fourth-order valence-corrected chi connectivity index (χ4v) is 3.60. The van der Waals surface area contributed by atoms with Gasteiger partial charge in [-0.25, -0.2) is 8.78 Å². The molecule has 4 rings (SSSR count). The summed E-state index contributed by atoms with van der Waals surface area (Å²) in [7, 11) is 0. The highest BCUT2D eigenvalue weighted by Crippen LogP contribution is 2.43. The Bertz CT molecular complexity index is 827. The zero-order valence-corrected chi connectivity index (χ0v) is 13.2. The van der Waals surface area contributed by atoms with Gasteiger partial charge in [0.15, 0.2) is 0 Å². The topological polar surface area (TPSA) is 94.5 Å². The Kier molecular flexibility index (Phi) is 3.68. The lowest BCUT2D eigenvalue weighted by Crippen LogP contribution is -2.38. The Morgan fingerprint density at radius 3 is 2.96 bits per heavy atom. The zero-order chi connectivity index (χ0) is 17.6. The standard InChI is InChI=1S/C16H16F2N4O3/c17-11-2-1-9(12(18)4-11)3-13(23)22-5-10-6-24-8-16(10,7-22)14-20-21-15(19)25-14/h1-2,4,10H,3,5-8H2,(H2,19,21)/t10-,16-/m0/s1. The number of hydrogen-bond acceptors (Lipinski definition) is 6. The van der Waals surface area contributed by atoms with Crippen LogP contribution in [-0.4, -0.2) is 47.3 Å². The summed E-state index contributed by atoms with van der Waals surface area (Å²) in [5.41, 5.74) is 5.10. The number of ether oxygens (including phenoxy) is 1. The van der Waals surface area contributed by atoms with Crippen LogP contribution in [0.15, 0.2) is 22.6 Å². The molecular weight excluding hydrogens is 334 g/mol. The fourth-order valence-electron chi connectivity index (χ4n) is 3.60. The molecule has 2 N–H and O–H groups in total. The summed E-state index contributed by atoms with van der Waals surface area (Å²) in [5, 5.41) is 7.66. The molecule has 3 heterocycles. The quantitative estimate of drug-likeness (QED) is 0.884. The number of nitrogens with zero attached hydrogens (tertiary/aromatic N) is 3. The van der Waals surface area contributed by atoms with E-state index in [4.69, 9.17) is 14.9 Å². The number of halogens is 2. The third kappa shape index (κ3) is 2.64. The average molecular weight is 350 g/mol. The molecule has 1 amide bonds. The summed E-state index contributed by atoms with van der Waals surface area (Å²) in [5.74, 6) is -1.28. The normalized spacial score (nSPS) is 25.4. The molecule has 2 aliphatic heterocycles. The number of anilines is 1. The number of benzene rings is 1. The van der Waals surface area contributed by atoms with E-state index >= 15 is 0 Å². The summed E-state index contributed by atoms with van der Waals surface area (Å²) in [4.78, 5) is 14.2. The van der Waals surface area contributed by atoms with Gasteiger partial charge < -0.3 is 19.8 Å². The number of rotatable bonds is 3. The Balaban J connectivity index is 1.54. The fraction of sp³-hybridized carbons (Fsp3) is 0.438. The molecule has 25 heavy (non-hydrogen) atoms. The van der Waals surface area contributed by atoms with Crippen LogP contribution in [-0.2, 0) is 21.4 Å². The van der Waals surface area contributed by atoms with Crippen molar-refractivity contribution in [3.05, 3.63) is 41.3 Å². The van der Waals surface area contributed by atoms with E-state index < -0.39 is 17.0 Å². The van der Waals surface area contributed by atoms with Crippen molar-refractivity contribution in [2.45, 2.75) is 11.8 Å². The van der Waals surface area contributed by atoms with Gasteiger partial charge in [0.1, 0.15) is 11.6 Å². The third-order valence-corrected chi connectivity index (χ3v) is 4.95. The number of likely N-dealkylation sites (tertiary alicyclic amines) is 1. The molecule has 7 nitrogen and oxygen atoms in total. The molecule has 2 aromatic rings. The Morgan fingerprint density at radius 1 is 1.40 bits per heavy atom. The van der Waals surface area contributed by atoms with Crippen LogP contribution in [0.4, 0.5) is 14.8 Å². The maximum Gasteiger partial charge on any atom is 0.312 e. The Labute approximate surface area is 141 Å². The minimum atomic E-state index is -0.726. The predicted octanol–water partition coefficient (Wildman–Crippen LogP) is 0.899. The molecule has 1 aromatic carbocycles. The number of aromatic nitrogens is 2. The van der Waals surface area contributed by atoms with Crippen LogP contribution in [0.25, 0.3) is 0 Å².